The van der Waals surface area contributed by atoms with Gasteiger partial charge in [0.25, 0.3) is 0 Å². The number of benzene rings is 2. The number of para-hydroxylation sites is 2. The van der Waals surface area contributed by atoms with Crippen molar-refractivity contribution in [3.8, 4) is 0 Å². The molecule has 2 aromatic heterocycles. The zero-order valence-electron chi connectivity index (χ0n) is 32.7. The average molecular weight is 802 g/mol. The van der Waals surface area contributed by atoms with Crippen LogP contribution in [0.4, 0.5) is 0 Å². The standard InChI is InChI=1S/C41H55N9O6S/c1-24(2)18-33(40(55)48-31(37(42)52)15-17-57-3)49-41(56)35(20-26-22-45-30-13-7-5-11-28(26)30)47-36(51)23-46-38(53)34(50-39(54)32-14-8-9-16-43-32)19-25-21-44-29-12-6-4-10-27(25)29/h4-7,10-13,21-22,24,31-35,43-45H,8-9,14-20,23H2,1-3H3,(H2,42,52)(H,46,53)(H,47,51)(H,48,55)(H,49,56)(H,50,54)/t31-,32-,33-,34+,35+/m0/s1. The Morgan fingerprint density at radius 3 is 1.89 bits per heavy atom. The highest BCUT2D eigenvalue weighted by Crippen LogP contribution is 2.21. The number of rotatable bonds is 20. The Hall–Kier alpha value is -5.35. The summed E-state index contributed by atoms with van der Waals surface area (Å²) >= 11 is 1.51. The molecule has 0 unspecified atom stereocenters. The average Bonchev–Trinajstić information content (AvgIpc) is 3.81. The van der Waals surface area contributed by atoms with Crippen molar-refractivity contribution >= 4 is 69.0 Å². The quantitative estimate of drug-likeness (QED) is 0.0640. The van der Waals surface area contributed by atoms with Crippen molar-refractivity contribution in [2.24, 2.45) is 11.7 Å². The second-order valence-electron chi connectivity index (χ2n) is 15.0. The topological polar surface area (TPSA) is 232 Å². The van der Waals surface area contributed by atoms with E-state index in [1.807, 2.05) is 74.8 Å². The van der Waals surface area contributed by atoms with Crippen LogP contribution in [0.1, 0.15) is 57.1 Å². The molecule has 5 rings (SSSR count). The first-order valence-electron chi connectivity index (χ1n) is 19.5. The molecule has 15 nitrogen and oxygen atoms in total. The number of amides is 6. The van der Waals surface area contributed by atoms with Gasteiger partial charge in [-0.3, -0.25) is 28.8 Å². The number of hydrogen-bond acceptors (Lipinski definition) is 8. The van der Waals surface area contributed by atoms with Crippen molar-refractivity contribution in [3.63, 3.8) is 0 Å². The van der Waals surface area contributed by atoms with Gasteiger partial charge in [0, 0.05) is 47.0 Å². The Morgan fingerprint density at radius 2 is 1.33 bits per heavy atom. The number of piperidine rings is 1. The number of H-pyrrole nitrogens is 2. The van der Waals surface area contributed by atoms with Gasteiger partial charge in [0.2, 0.25) is 35.4 Å². The van der Waals surface area contributed by atoms with E-state index in [9.17, 15) is 28.8 Å². The minimum absolute atomic E-state index is 0.0114. The van der Waals surface area contributed by atoms with Crippen molar-refractivity contribution in [1.82, 2.24) is 41.9 Å². The molecule has 1 saturated heterocycles. The van der Waals surface area contributed by atoms with Gasteiger partial charge in [0.1, 0.15) is 24.2 Å². The third-order valence-electron chi connectivity index (χ3n) is 10.1. The first kappa shape index (κ1) is 42.8. The SMILES string of the molecule is CSCC[C@H](NC(=O)[C@H](CC(C)C)NC(=O)[C@@H](Cc1c[nH]c2ccccc12)NC(=O)CNC(=O)[C@@H](Cc1c[nH]c2ccccc12)NC(=O)[C@@H]1CCCCN1)C(N)=O. The molecule has 2 aromatic carbocycles. The van der Waals surface area contributed by atoms with Gasteiger partial charge in [-0.15, -0.1) is 0 Å². The predicted molar refractivity (Wildman–Crippen MR) is 222 cm³/mol. The molecule has 0 spiro atoms. The zero-order valence-corrected chi connectivity index (χ0v) is 33.6. The summed E-state index contributed by atoms with van der Waals surface area (Å²) < 4.78 is 0. The Balaban J connectivity index is 1.31. The molecule has 0 radical (unpaired) electrons. The molecule has 6 amide bonds. The number of carbonyl (C=O) groups is 6. The van der Waals surface area contributed by atoms with Crippen LogP contribution in [-0.2, 0) is 41.6 Å². The van der Waals surface area contributed by atoms with Gasteiger partial charge >= 0.3 is 0 Å². The van der Waals surface area contributed by atoms with Crippen LogP contribution in [0.15, 0.2) is 60.9 Å². The smallest absolute Gasteiger partial charge is 0.243 e. The fourth-order valence-corrected chi connectivity index (χ4v) is 7.58. The summed E-state index contributed by atoms with van der Waals surface area (Å²) in [6, 6.07) is 10.7. The van der Waals surface area contributed by atoms with Gasteiger partial charge in [-0.2, -0.15) is 11.8 Å². The van der Waals surface area contributed by atoms with Gasteiger partial charge in [0.05, 0.1) is 12.6 Å². The fourth-order valence-electron chi connectivity index (χ4n) is 7.11. The normalized spacial score (nSPS) is 16.3. The maximum absolute atomic E-state index is 14.1. The summed E-state index contributed by atoms with van der Waals surface area (Å²) in [7, 11) is 0. The van der Waals surface area contributed by atoms with Crippen LogP contribution in [-0.4, -0.2) is 101 Å². The first-order valence-corrected chi connectivity index (χ1v) is 20.9. The maximum atomic E-state index is 14.1. The highest BCUT2D eigenvalue weighted by molar-refractivity contribution is 7.98. The Labute approximate surface area is 336 Å². The second-order valence-corrected chi connectivity index (χ2v) is 16.0. The molecule has 10 N–H and O–H groups in total. The fraction of sp³-hybridized carbons (Fsp3) is 0.463. The molecule has 57 heavy (non-hydrogen) atoms. The number of aromatic nitrogens is 2. The van der Waals surface area contributed by atoms with Gasteiger partial charge in [-0.05, 0) is 73.4 Å². The number of nitrogens with one attached hydrogen (secondary N) is 8. The van der Waals surface area contributed by atoms with E-state index in [4.69, 9.17) is 5.73 Å². The molecule has 306 valence electrons. The molecule has 1 aliphatic rings. The van der Waals surface area contributed by atoms with Crippen molar-refractivity contribution in [2.75, 3.05) is 25.1 Å². The maximum Gasteiger partial charge on any atom is 0.243 e. The molecule has 4 aromatic rings. The lowest BCUT2D eigenvalue weighted by molar-refractivity contribution is -0.134. The van der Waals surface area contributed by atoms with E-state index >= 15 is 0 Å². The van der Waals surface area contributed by atoms with Crippen molar-refractivity contribution < 1.29 is 28.8 Å². The van der Waals surface area contributed by atoms with Crippen molar-refractivity contribution in [1.29, 1.82) is 0 Å². The van der Waals surface area contributed by atoms with E-state index in [0.717, 1.165) is 45.8 Å². The second kappa shape index (κ2) is 20.7. The lowest BCUT2D eigenvalue weighted by Gasteiger charge is -2.26. The molecular formula is C41H55N9O6S. The minimum Gasteiger partial charge on any atom is -0.368 e. The number of thioether (sulfide) groups is 1. The largest absolute Gasteiger partial charge is 0.368 e. The van der Waals surface area contributed by atoms with Crippen LogP contribution in [0, 0.1) is 5.92 Å². The van der Waals surface area contributed by atoms with Gasteiger partial charge in [-0.1, -0.05) is 56.7 Å². The van der Waals surface area contributed by atoms with Crippen LogP contribution in [0.5, 0.6) is 0 Å². The Morgan fingerprint density at radius 1 is 0.754 bits per heavy atom. The lowest BCUT2D eigenvalue weighted by atomic mass is 10.00. The summed E-state index contributed by atoms with van der Waals surface area (Å²) in [5, 5.41) is 18.8. The number of carbonyl (C=O) groups excluding carboxylic acids is 6. The molecule has 5 atom stereocenters. The van der Waals surface area contributed by atoms with E-state index < -0.39 is 66.3 Å². The van der Waals surface area contributed by atoms with Crippen LogP contribution in [0.2, 0.25) is 0 Å². The molecule has 0 aliphatic carbocycles. The number of primary amides is 1. The summed E-state index contributed by atoms with van der Waals surface area (Å²) in [5.74, 6) is -2.76. The first-order chi connectivity index (χ1) is 27.4. The van der Waals surface area contributed by atoms with Crippen LogP contribution in [0.3, 0.4) is 0 Å². The van der Waals surface area contributed by atoms with Crippen LogP contribution >= 0.6 is 11.8 Å². The highest BCUT2D eigenvalue weighted by atomic mass is 32.2. The summed E-state index contributed by atoms with van der Waals surface area (Å²) in [6.45, 7) is 4.03. The molecule has 0 bridgehead atoms. The zero-order chi connectivity index (χ0) is 40.9. The molecule has 0 saturated carbocycles. The van der Waals surface area contributed by atoms with Crippen molar-refractivity contribution in [3.05, 3.63) is 72.1 Å². The van der Waals surface area contributed by atoms with Crippen LogP contribution < -0.4 is 37.6 Å². The van der Waals surface area contributed by atoms with Gasteiger partial charge < -0.3 is 47.6 Å². The van der Waals surface area contributed by atoms with E-state index in [0.29, 0.717) is 25.1 Å². The lowest BCUT2D eigenvalue weighted by Crippen LogP contribution is -2.58. The van der Waals surface area contributed by atoms with Gasteiger partial charge in [0.15, 0.2) is 0 Å². The third kappa shape index (κ3) is 12.1. The van der Waals surface area contributed by atoms with E-state index in [1.165, 1.54) is 11.8 Å². The summed E-state index contributed by atoms with van der Waals surface area (Å²) in [4.78, 5) is 86.8. The van der Waals surface area contributed by atoms with Gasteiger partial charge in [-0.25, -0.2) is 0 Å². The highest BCUT2D eigenvalue weighted by Gasteiger charge is 2.31. The summed E-state index contributed by atoms with van der Waals surface area (Å²) in [6.07, 6.45) is 8.80. The predicted octanol–water partition coefficient (Wildman–Crippen LogP) is 1.92. The molecule has 1 fully saturated rings. The molecule has 16 heteroatoms. The van der Waals surface area contributed by atoms with E-state index in [2.05, 4.69) is 41.9 Å². The minimum atomic E-state index is -1.15. The van der Waals surface area contributed by atoms with E-state index in [-0.39, 0.29) is 31.1 Å². The molecule has 3 heterocycles. The van der Waals surface area contributed by atoms with Crippen molar-refractivity contribution in [2.45, 2.75) is 89.0 Å². The number of hydrogen-bond donors (Lipinski definition) is 9. The van der Waals surface area contributed by atoms with E-state index in [1.54, 1.807) is 6.20 Å². The number of nitrogens with two attached hydrogens (primary N) is 1. The number of fused-ring (bicyclic) bond motifs is 2. The number of aromatic amines is 2. The van der Waals surface area contributed by atoms with Crippen LogP contribution in [0.25, 0.3) is 21.8 Å². The monoisotopic (exact) mass is 801 g/mol. The Bertz CT molecular complexity index is 2020. The molecular weight excluding hydrogens is 747 g/mol. The Kier molecular flexibility index (Phi) is 15.5. The summed E-state index contributed by atoms with van der Waals surface area (Å²) in [5.41, 5.74) is 8.90. The molecule has 1 aliphatic heterocycles. The third-order valence-corrected chi connectivity index (χ3v) is 10.8.